The SMILES string of the molecule is CN1[C@@H]2CCC[C@H]1C[C@@H](NC(=O)c1cccc3c1CCCC3)C2. The van der Waals surface area contributed by atoms with Crippen molar-refractivity contribution in [3.8, 4) is 0 Å². The van der Waals surface area contributed by atoms with Crippen LogP contribution in [0.1, 0.15) is 66.4 Å². The Morgan fingerprint density at radius 2 is 1.83 bits per heavy atom. The van der Waals surface area contributed by atoms with E-state index in [-0.39, 0.29) is 5.91 Å². The van der Waals surface area contributed by atoms with Crippen LogP contribution in [-0.4, -0.2) is 36.0 Å². The van der Waals surface area contributed by atoms with Crippen LogP contribution in [0.15, 0.2) is 18.2 Å². The number of carbonyl (C=O) groups excluding carboxylic acids is 1. The van der Waals surface area contributed by atoms with Gasteiger partial charge in [0.1, 0.15) is 0 Å². The van der Waals surface area contributed by atoms with Gasteiger partial charge in [-0.2, -0.15) is 0 Å². The smallest absolute Gasteiger partial charge is 0.251 e. The summed E-state index contributed by atoms with van der Waals surface area (Å²) in [6, 6.07) is 7.96. The number of nitrogens with one attached hydrogen (secondary N) is 1. The molecule has 2 saturated heterocycles. The van der Waals surface area contributed by atoms with Crippen LogP contribution in [-0.2, 0) is 12.8 Å². The normalized spacial score (nSPS) is 30.6. The minimum atomic E-state index is 0.163. The van der Waals surface area contributed by atoms with Crippen molar-refractivity contribution in [2.45, 2.75) is 75.9 Å². The van der Waals surface area contributed by atoms with E-state index in [0.29, 0.717) is 18.1 Å². The molecule has 3 nitrogen and oxygen atoms in total. The fraction of sp³-hybridized carbons (Fsp3) is 0.650. The third kappa shape index (κ3) is 2.91. The molecule has 0 aromatic heterocycles. The molecule has 2 bridgehead atoms. The lowest BCUT2D eigenvalue weighted by atomic mass is 9.82. The van der Waals surface area contributed by atoms with Gasteiger partial charge in [-0.15, -0.1) is 0 Å². The highest BCUT2D eigenvalue weighted by Crippen LogP contribution is 2.33. The molecule has 1 aromatic carbocycles. The Morgan fingerprint density at radius 1 is 1.09 bits per heavy atom. The number of hydrogen-bond donors (Lipinski definition) is 1. The molecule has 0 radical (unpaired) electrons. The predicted molar refractivity (Wildman–Crippen MR) is 92.8 cm³/mol. The van der Waals surface area contributed by atoms with Crippen molar-refractivity contribution >= 4 is 5.91 Å². The van der Waals surface area contributed by atoms with Gasteiger partial charge in [-0.3, -0.25) is 4.79 Å². The zero-order valence-electron chi connectivity index (χ0n) is 14.2. The molecule has 2 aliphatic heterocycles. The van der Waals surface area contributed by atoms with E-state index < -0.39 is 0 Å². The minimum absolute atomic E-state index is 0.163. The molecular formula is C20H28N2O. The Balaban J connectivity index is 1.48. The Labute approximate surface area is 139 Å². The highest BCUT2D eigenvalue weighted by atomic mass is 16.1. The maximum atomic E-state index is 12.9. The lowest BCUT2D eigenvalue weighted by Gasteiger charge is -2.47. The van der Waals surface area contributed by atoms with E-state index in [1.807, 2.05) is 6.07 Å². The quantitative estimate of drug-likeness (QED) is 0.908. The van der Waals surface area contributed by atoms with Crippen LogP contribution < -0.4 is 5.32 Å². The number of aryl methyl sites for hydroxylation is 1. The third-order valence-corrected chi connectivity index (χ3v) is 6.32. The second-order valence-electron chi connectivity index (χ2n) is 7.70. The number of benzene rings is 1. The van der Waals surface area contributed by atoms with E-state index >= 15 is 0 Å². The summed E-state index contributed by atoms with van der Waals surface area (Å²) in [5.74, 6) is 0.163. The first-order valence-corrected chi connectivity index (χ1v) is 9.36. The Bertz CT molecular complexity index is 583. The van der Waals surface area contributed by atoms with Crippen LogP contribution in [0, 0.1) is 0 Å². The van der Waals surface area contributed by atoms with Crippen molar-refractivity contribution in [2.24, 2.45) is 0 Å². The summed E-state index contributed by atoms with van der Waals surface area (Å²) in [4.78, 5) is 15.4. The van der Waals surface area contributed by atoms with Gasteiger partial charge in [-0.25, -0.2) is 0 Å². The zero-order valence-corrected chi connectivity index (χ0v) is 14.2. The van der Waals surface area contributed by atoms with Crippen molar-refractivity contribution < 1.29 is 4.79 Å². The Kier molecular flexibility index (Phi) is 4.14. The molecule has 3 aliphatic rings. The number of carbonyl (C=O) groups is 1. The molecule has 124 valence electrons. The lowest BCUT2D eigenvalue weighted by molar-refractivity contribution is 0.0463. The maximum Gasteiger partial charge on any atom is 0.251 e. The molecule has 1 amide bonds. The van der Waals surface area contributed by atoms with Gasteiger partial charge in [0.25, 0.3) is 5.91 Å². The number of piperidine rings is 2. The molecule has 2 fully saturated rings. The highest BCUT2D eigenvalue weighted by Gasteiger charge is 2.36. The van der Waals surface area contributed by atoms with E-state index in [4.69, 9.17) is 0 Å². The van der Waals surface area contributed by atoms with Crippen LogP contribution in [0.4, 0.5) is 0 Å². The molecular weight excluding hydrogens is 284 g/mol. The van der Waals surface area contributed by atoms with Gasteiger partial charge in [0.05, 0.1) is 0 Å². The Hall–Kier alpha value is -1.35. The van der Waals surface area contributed by atoms with Crippen molar-refractivity contribution in [1.29, 1.82) is 0 Å². The number of nitrogens with zero attached hydrogens (tertiary/aromatic N) is 1. The average Bonchev–Trinajstić information content (AvgIpc) is 2.55. The number of rotatable bonds is 2. The number of amides is 1. The summed E-state index contributed by atoms with van der Waals surface area (Å²) >= 11 is 0. The topological polar surface area (TPSA) is 32.3 Å². The number of hydrogen-bond acceptors (Lipinski definition) is 2. The van der Waals surface area contributed by atoms with E-state index in [1.165, 1.54) is 43.2 Å². The van der Waals surface area contributed by atoms with Crippen molar-refractivity contribution in [3.63, 3.8) is 0 Å². The summed E-state index contributed by atoms with van der Waals surface area (Å²) in [6.45, 7) is 0. The van der Waals surface area contributed by atoms with Crippen molar-refractivity contribution in [3.05, 3.63) is 34.9 Å². The molecule has 1 aliphatic carbocycles. The molecule has 1 aromatic rings. The van der Waals surface area contributed by atoms with Crippen LogP contribution in [0.2, 0.25) is 0 Å². The molecule has 0 spiro atoms. The van der Waals surface area contributed by atoms with Gasteiger partial charge in [0.2, 0.25) is 0 Å². The van der Waals surface area contributed by atoms with E-state index in [2.05, 4.69) is 29.4 Å². The first-order valence-electron chi connectivity index (χ1n) is 9.36. The molecule has 1 N–H and O–H groups in total. The van der Waals surface area contributed by atoms with Gasteiger partial charge >= 0.3 is 0 Å². The fourth-order valence-electron chi connectivity index (χ4n) is 4.99. The van der Waals surface area contributed by atoms with Gasteiger partial charge in [0, 0.05) is 23.7 Å². The van der Waals surface area contributed by atoms with Gasteiger partial charge in [-0.05, 0) is 75.6 Å². The van der Waals surface area contributed by atoms with Crippen LogP contribution in [0.5, 0.6) is 0 Å². The monoisotopic (exact) mass is 312 g/mol. The standard InChI is InChI=1S/C20H28N2O/c1-22-16-8-5-9-17(22)13-15(12-16)21-20(23)19-11-4-7-14-6-2-3-10-18(14)19/h4,7,11,15-17H,2-3,5-6,8-10,12-13H2,1H3,(H,21,23)/t15-,16+,17-. The van der Waals surface area contributed by atoms with Gasteiger partial charge < -0.3 is 10.2 Å². The maximum absolute atomic E-state index is 12.9. The number of fused-ring (bicyclic) bond motifs is 3. The summed E-state index contributed by atoms with van der Waals surface area (Å²) in [5, 5.41) is 3.37. The molecule has 3 heteroatoms. The minimum Gasteiger partial charge on any atom is -0.349 e. The largest absolute Gasteiger partial charge is 0.349 e. The first-order chi connectivity index (χ1) is 11.2. The first kappa shape index (κ1) is 15.2. The molecule has 4 rings (SSSR count). The molecule has 23 heavy (non-hydrogen) atoms. The highest BCUT2D eigenvalue weighted by molar-refractivity contribution is 5.96. The third-order valence-electron chi connectivity index (χ3n) is 6.32. The second kappa shape index (κ2) is 6.27. The van der Waals surface area contributed by atoms with Crippen LogP contribution in [0.3, 0.4) is 0 Å². The second-order valence-corrected chi connectivity index (χ2v) is 7.70. The summed E-state index contributed by atoms with van der Waals surface area (Å²) < 4.78 is 0. The predicted octanol–water partition coefficient (Wildman–Crippen LogP) is 3.31. The van der Waals surface area contributed by atoms with E-state index in [9.17, 15) is 4.79 Å². The fourth-order valence-corrected chi connectivity index (χ4v) is 4.99. The lowest BCUT2D eigenvalue weighted by Crippen LogP contribution is -2.55. The molecule has 0 saturated carbocycles. The summed E-state index contributed by atoms with van der Waals surface area (Å²) in [6.07, 6.45) is 10.9. The van der Waals surface area contributed by atoms with E-state index in [0.717, 1.165) is 31.2 Å². The van der Waals surface area contributed by atoms with Gasteiger partial charge in [0.15, 0.2) is 0 Å². The van der Waals surface area contributed by atoms with Gasteiger partial charge in [-0.1, -0.05) is 18.6 Å². The van der Waals surface area contributed by atoms with Crippen LogP contribution in [0.25, 0.3) is 0 Å². The average molecular weight is 312 g/mol. The zero-order chi connectivity index (χ0) is 15.8. The molecule has 2 heterocycles. The van der Waals surface area contributed by atoms with Crippen molar-refractivity contribution in [1.82, 2.24) is 10.2 Å². The van der Waals surface area contributed by atoms with Crippen LogP contribution >= 0.6 is 0 Å². The summed E-state index contributed by atoms with van der Waals surface area (Å²) in [5.41, 5.74) is 3.64. The Morgan fingerprint density at radius 3 is 2.61 bits per heavy atom. The molecule has 0 unspecified atom stereocenters. The summed E-state index contributed by atoms with van der Waals surface area (Å²) in [7, 11) is 2.26. The van der Waals surface area contributed by atoms with E-state index in [1.54, 1.807) is 0 Å². The molecule has 3 atom stereocenters. The van der Waals surface area contributed by atoms with Crippen molar-refractivity contribution in [2.75, 3.05) is 7.05 Å².